The fraction of sp³-hybridized carbons (Fsp3) is 0.500. The van der Waals surface area contributed by atoms with E-state index in [0.717, 1.165) is 24.4 Å². The lowest BCUT2D eigenvalue weighted by Gasteiger charge is -2.14. The van der Waals surface area contributed by atoms with Crippen LogP contribution < -0.4 is 4.74 Å². The van der Waals surface area contributed by atoms with Crippen molar-refractivity contribution in [3.8, 4) is 5.75 Å². The zero-order valence-corrected chi connectivity index (χ0v) is 10.6. The standard InChI is InChI=1S/C14H20N2O/c1-12(15-11-16-9-5-6-10-16)13-7-3-4-8-14(13)17-2/h3-4,7-8,11-12H,5-6,9-10H2,1-2H3. The van der Waals surface area contributed by atoms with Crippen molar-refractivity contribution in [1.82, 2.24) is 4.90 Å². The van der Waals surface area contributed by atoms with Crippen molar-refractivity contribution in [2.45, 2.75) is 25.8 Å². The Morgan fingerprint density at radius 1 is 1.29 bits per heavy atom. The van der Waals surface area contributed by atoms with Gasteiger partial charge in [0.1, 0.15) is 5.75 Å². The third-order valence-corrected chi connectivity index (χ3v) is 3.18. The van der Waals surface area contributed by atoms with Crippen LogP contribution in [-0.4, -0.2) is 31.4 Å². The van der Waals surface area contributed by atoms with Gasteiger partial charge in [0, 0.05) is 18.7 Å². The normalized spacial score (nSPS) is 17.6. The summed E-state index contributed by atoms with van der Waals surface area (Å²) in [5.41, 5.74) is 1.14. The molecule has 3 heteroatoms. The van der Waals surface area contributed by atoms with Crippen molar-refractivity contribution in [3.63, 3.8) is 0 Å². The second kappa shape index (κ2) is 5.71. The molecule has 0 saturated carbocycles. The fourth-order valence-corrected chi connectivity index (χ4v) is 2.14. The number of nitrogens with zero attached hydrogens (tertiary/aromatic N) is 2. The zero-order chi connectivity index (χ0) is 12.1. The molecule has 2 rings (SSSR count). The maximum atomic E-state index is 5.35. The zero-order valence-electron chi connectivity index (χ0n) is 10.6. The molecule has 1 aliphatic heterocycles. The quantitative estimate of drug-likeness (QED) is 0.589. The maximum Gasteiger partial charge on any atom is 0.124 e. The Morgan fingerprint density at radius 2 is 2.00 bits per heavy atom. The predicted octanol–water partition coefficient (Wildman–Crippen LogP) is 2.88. The van der Waals surface area contributed by atoms with Gasteiger partial charge in [-0.25, -0.2) is 0 Å². The second-order valence-electron chi connectivity index (χ2n) is 4.43. The minimum absolute atomic E-state index is 0.145. The summed E-state index contributed by atoms with van der Waals surface area (Å²) in [6, 6.07) is 8.22. The van der Waals surface area contributed by atoms with Gasteiger partial charge in [-0.05, 0) is 25.8 Å². The Balaban J connectivity index is 2.05. The van der Waals surface area contributed by atoms with Gasteiger partial charge in [0.2, 0.25) is 0 Å². The molecule has 1 unspecified atom stereocenters. The lowest BCUT2D eigenvalue weighted by Crippen LogP contribution is -2.16. The molecule has 1 aromatic rings. The summed E-state index contributed by atoms with van der Waals surface area (Å²) in [4.78, 5) is 6.89. The molecule has 1 aromatic carbocycles. The fourth-order valence-electron chi connectivity index (χ4n) is 2.14. The number of aliphatic imine (C=N–C) groups is 1. The molecule has 0 radical (unpaired) electrons. The van der Waals surface area contributed by atoms with Gasteiger partial charge < -0.3 is 9.64 Å². The number of hydrogen-bond acceptors (Lipinski definition) is 2. The number of benzene rings is 1. The molecule has 3 nitrogen and oxygen atoms in total. The Morgan fingerprint density at radius 3 is 2.71 bits per heavy atom. The highest BCUT2D eigenvalue weighted by molar-refractivity contribution is 5.56. The summed E-state index contributed by atoms with van der Waals surface area (Å²) in [5.74, 6) is 0.915. The van der Waals surface area contributed by atoms with Crippen molar-refractivity contribution in [1.29, 1.82) is 0 Å². The van der Waals surface area contributed by atoms with E-state index >= 15 is 0 Å². The first kappa shape index (κ1) is 12.0. The first-order chi connectivity index (χ1) is 8.31. The van der Waals surface area contributed by atoms with Gasteiger partial charge in [-0.2, -0.15) is 0 Å². The molecule has 92 valence electrons. The van der Waals surface area contributed by atoms with E-state index in [2.05, 4.69) is 22.9 Å². The molecule has 1 atom stereocenters. The number of rotatable bonds is 4. The van der Waals surface area contributed by atoms with Crippen LogP contribution in [0.3, 0.4) is 0 Å². The van der Waals surface area contributed by atoms with Crippen LogP contribution in [0.5, 0.6) is 5.75 Å². The molecule has 1 fully saturated rings. The lowest BCUT2D eigenvalue weighted by molar-refractivity contribution is 0.407. The molecule has 1 heterocycles. The van der Waals surface area contributed by atoms with Gasteiger partial charge in [-0.15, -0.1) is 0 Å². The van der Waals surface area contributed by atoms with Crippen molar-refractivity contribution in [3.05, 3.63) is 29.8 Å². The molecule has 1 aliphatic rings. The van der Waals surface area contributed by atoms with Crippen molar-refractivity contribution in [2.75, 3.05) is 20.2 Å². The van der Waals surface area contributed by atoms with E-state index < -0.39 is 0 Å². The van der Waals surface area contributed by atoms with Crippen LogP contribution in [0.15, 0.2) is 29.3 Å². The maximum absolute atomic E-state index is 5.35. The summed E-state index contributed by atoms with van der Waals surface area (Å²) in [6.45, 7) is 4.38. The van der Waals surface area contributed by atoms with E-state index in [1.54, 1.807) is 7.11 Å². The van der Waals surface area contributed by atoms with Crippen molar-refractivity contribution >= 4 is 6.34 Å². The number of methoxy groups -OCH3 is 1. The first-order valence-electron chi connectivity index (χ1n) is 6.21. The van der Waals surface area contributed by atoms with Gasteiger partial charge in [0.05, 0.1) is 19.5 Å². The minimum atomic E-state index is 0.145. The molecule has 17 heavy (non-hydrogen) atoms. The summed E-state index contributed by atoms with van der Waals surface area (Å²) in [7, 11) is 1.70. The molecule has 0 N–H and O–H groups in total. The van der Waals surface area contributed by atoms with Gasteiger partial charge >= 0.3 is 0 Å². The van der Waals surface area contributed by atoms with E-state index in [4.69, 9.17) is 4.74 Å². The minimum Gasteiger partial charge on any atom is -0.496 e. The highest BCUT2D eigenvalue weighted by atomic mass is 16.5. The van der Waals surface area contributed by atoms with Crippen LogP contribution in [0.4, 0.5) is 0 Å². The van der Waals surface area contributed by atoms with Crippen LogP contribution in [0.2, 0.25) is 0 Å². The molecule has 1 saturated heterocycles. The molecule has 0 amide bonds. The summed E-state index contributed by atoms with van der Waals surface area (Å²) < 4.78 is 5.35. The van der Waals surface area contributed by atoms with E-state index in [0.29, 0.717) is 0 Å². The summed E-state index contributed by atoms with van der Waals surface area (Å²) >= 11 is 0. The highest BCUT2D eigenvalue weighted by Gasteiger charge is 2.11. The number of ether oxygens (including phenoxy) is 1. The molecular formula is C14H20N2O. The van der Waals surface area contributed by atoms with Crippen molar-refractivity contribution in [2.24, 2.45) is 4.99 Å². The Labute approximate surface area is 103 Å². The van der Waals surface area contributed by atoms with E-state index in [1.165, 1.54) is 12.8 Å². The molecule has 0 aromatic heterocycles. The van der Waals surface area contributed by atoms with E-state index in [-0.39, 0.29) is 6.04 Å². The first-order valence-corrected chi connectivity index (χ1v) is 6.21. The number of likely N-dealkylation sites (tertiary alicyclic amines) is 1. The Bertz CT molecular complexity index is 384. The third kappa shape index (κ3) is 2.99. The monoisotopic (exact) mass is 232 g/mol. The Kier molecular flexibility index (Phi) is 4.02. The molecular weight excluding hydrogens is 212 g/mol. The average Bonchev–Trinajstić information content (AvgIpc) is 2.89. The van der Waals surface area contributed by atoms with Crippen LogP contribution >= 0.6 is 0 Å². The van der Waals surface area contributed by atoms with Gasteiger partial charge in [-0.3, -0.25) is 4.99 Å². The smallest absolute Gasteiger partial charge is 0.124 e. The van der Waals surface area contributed by atoms with Crippen LogP contribution in [0.25, 0.3) is 0 Å². The average molecular weight is 232 g/mol. The number of hydrogen-bond donors (Lipinski definition) is 0. The predicted molar refractivity (Wildman–Crippen MR) is 70.7 cm³/mol. The number of para-hydroxylation sites is 1. The Hall–Kier alpha value is -1.51. The summed E-state index contributed by atoms with van der Waals surface area (Å²) in [5, 5.41) is 0. The second-order valence-corrected chi connectivity index (χ2v) is 4.43. The third-order valence-electron chi connectivity index (χ3n) is 3.18. The van der Waals surface area contributed by atoms with Crippen molar-refractivity contribution < 1.29 is 4.74 Å². The largest absolute Gasteiger partial charge is 0.496 e. The SMILES string of the molecule is COc1ccccc1C(C)N=CN1CCCC1. The van der Waals surface area contributed by atoms with Crippen LogP contribution in [0.1, 0.15) is 31.4 Å². The molecule has 0 spiro atoms. The summed E-state index contributed by atoms with van der Waals surface area (Å²) in [6.07, 6.45) is 4.56. The van der Waals surface area contributed by atoms with Gasteiger partial charge in [0.15, 0.2) is 0 Å². The van der Waals surface area contributed by atoms with Crippen LogP contribution in [-0.2, 0) is 0 Å². The molecule has 0 bridgehead atoms. The highest BCUT2D eigenvalue weighted by Crippen LogP contribution is 2.26. The van der Waals surface area contributed by atoms with E-state index in [9.17, 15) is 0 Å². The lowest BCUT2D eigenvalue weighted by atomic mass is 10.1. The van der Waals surface area contributed by atoms with E-state index in [1.807, 2.05) is 24.5 Å². The topological polar surface area (TPSA) is 24.8 Å². The van der Waals surface area contributed by atoms with Gasteiger partial charge in [0.25, 0.3) is 0 Å². The van der Waals surface area contributed by atoms with Gasteiger partial charge in [-0.1, -0.05) is 18.2 Å². The molecule has 0 aliphatic carbocycles. The van der Waals surface area contributed by atoms with Crippen LogP contribution in [0, 0.1) is 0 Å².